The van der Waals surface area contributed by atoms with Crippen molar-refractivity contribution in [2.75, 3.05) is 20.2 Å². The summed E-state index contributed by atoms with van der Waals surface area (Å²) in [7, 11) is 3.21. The standard InChI is InChI=1S/C18H20ClN5O4/c1-23(8-9-28-12-5-3-4-11(19)10-12)14(25)7-6-13-20-15-16(21-13)24(2)18(27)22-17(15)26/h3-5,10H,6-9H2,1-2H3,(H,20,21)(H,22,26,27). The number of aryl methyl sites for hydroxylation is 2. The molecule has 28 heavy (non-hydrogen) atoms. The van der Waals surface area contributed by atoms with Gasteiger partial charge < -0.3 is 14.6 Å². The average molecular weight is 406 g/mol. The first-order valence-electron chi connectivity index (χ1n) is 8.65. The number of halogens is 1. The van der Waals surface area contributed by atoms with Crippen molar-refractivity contribution in [3.8, 4) is 5.75 Å². The molecule has 0 aliphatic carbocycles. The van der Waals surface area contributed by atoms with E-state index in [2.05, 4.69) is 15.0 Å². The van der Waals surface area contributed by atoms with Crippen molar-refractivity contribution in [3.63, 3.8) is 0 Å². The minimum atomic E-state index is -0.536. The van der Waals surface area contributed by atoms with Crippen molar-refractivity contribution in [2.24, 2.45) is 7.05 Å². The maximum atomic E-state index is 12.3. The summed E-state index contributed by atoms with van der Waals surface area (Å²) in [6, 6.07) is 7.05. The lowest BCUT2D eigenvalue weighted by atomic mass is 10.2. The van der Waals surface area contributed by atoms with E-state index in [1.165, 1.54) is 11.6 Å². The lowest BCUT2D eigenvalue weighted by Crippen LogP contribution is -2.31. The van der Waals surface area contributed by atoms with E-state index < -0.39 is 11.2 Å². The molecule has 0 spiro atoms. The summed E-state index contributed by atoms with van der Waals surface area (Å²) in [6.45, 7) is 0.754. The number of fused-ring (bicyclic) bond motifs is 1. The maximum Gasteiger partial charge on any atom is 0.329 e. The van der Waals surface area contributed by atoms with E-state index >= 15 is 0 Å². The Hall–Kier alpha value is -3.07. The number of hydrogen-bond acceptors (Lipinski definition) is 5. The third-order valence-corrected chi connectivity index (χ3v) is 4.53. The molecule has 0 saturated carbocycles. The molecule has 0 aliphatic rings. The van der Waals surface area contributed by atoms with Gasteiger partial charge in [-0.15, -0.1) is 0 Å². The second-order valence-corrected chi connectivity index (χ2v) is 6.76. The highest BCUT2D eigenvalue weighted by Gasteiger charge is 2.14. The van der Waals surface area contributed by atoms with Gasteiger partial charge in [-0.3, -0.25) is 19.1 Å². The van der Waals surface area contributed by atoms with Crippen molar-refractivity contribution >= 4 is 28.7 Å². The van der Waals surface area contributed by atoms with Crippen LogP contribution >= 0.6 is 11.6 Å². The van der Waals surface area contributed by atoms with Gasteiger partial charge in [0.05, 0.1) is 6.54 Å². The van der Waals surface area contributed by atoms with Gasteiger partial charge in [0, 0.05) is 32.0 Å². The number of carbonyl (C=O) groups is 1. The topological polar surface area (TPSA) is 113 Å². The molecule has 0 unspecified atom stereocenters. The van der Waals surface area contributed by atoms with Crippen LogP contribution in [0, 0.1) is 0 Å². The molecule has 3 aromatic rings. The largest absolute Gasteiger partial charge is 0.492 e. The van der Waals surface area contributed by atoms with Crippen LogP contribution in [0.2, 0.25) is 5.02 Å². The van der Waals surface area contributed by atoms with Gasteiger partial charge in [0.15, 0.2) is 5.65 Å². The van der Waals surface area contributed by atoms with Crippen LogP contribution in [-0.2, 0) is 18.3 Å². The number of aromatic nitrogens is 4. The quantitative estimate of drug-likeness (QED) is 0.610. The Morgan fingerprint density at radius 2 is 2.11 bits per heavy atom. The number of nitrogens with one attached hydrogen (secondary N) is 2. The fraction of sp³-hybridized carbons (Fsp3) is 0.333. The first-order chi connectivity index (χ1) is 13.3. The summed E-state index contributed by atoms with van der Waals surface area (Å²) in [5, 5.41) is 0.587. The van der Waals surface area contributed by atoms with Gasteiger partial charge in [-0.25, -0.2) is 9.78 Å². The fourth-order valence-electron chi connectivity index (χ4n) is 2.67. The molecule has 9 nitrogen and oxygen atoms in total. The molecule has 2 aromatic heterocycles. The number of benzene rings is 1. The molecule has 3 rings (SSSR count). The second-order valence-electron chi connectivity index (χ2n) is 6.32. The van der Waals surface area contributed by atoms with Gasteiger partial charge in [-0.2, -0.15) is 0 Å². The molecule has 148 valence electrons. The molecule has 0 aliphatic heterocycles. The smallest absolute Gasteiger partial charge is 0.329 e. The number of H-pyrrole nitrogens is 2. The fourth-order valence-corrected chi connectivity index (χ4v) is 2.85. The van der Waals surface area contributed by atoms with E-state index in [0.29, 0.717) is 36.2 Å². The van der Waals surface area contributed by atoms with Crippen molar-refractivity contribution in [1.29, 1.82) is 0 Å². The van der Waals surface area contributed by atoms with Crippen LogP contribution in [0.1, 0.15) is 12.2 Å². The zero-order chi connectivity index (χ0) is 20.3. The summed E-state index contributed by atoms with van der Waals surface area (Å²) in [5.41, 5.74) is -0.586. The number of ether oxygens (including phenoxy) is 1. The van der Waals surface area contributed by atoms with E-state index in [1.54, 1.807) is 36.2 Å². The molecular formula is C18H20ClN5O4. The highest BCUT2D eigenvalue weighted by Crippen LogP contribution is 2.17. The molecule has 0 radical (unpaired) electrons. The minimum absolute atomic E-state index is 0.0852. The summed E-state index contributed by atoms with van der Waals surface area (Å²) in [6.07, 6.45) is 0.528. The Balaban J connectivity index is 1.54. The third-order valence-electron chi connectivity index (χ3n) is 4.30. The molecule has 2 N–H and O–H groups in total. The number of carbonyl (C=O) groups excluding carboxylic acids is 1. The van der Waals surface area contributed by atoms with Gasteiger partial charge in [0.1, 0.15) is 23.7 Å². The lowest BCUT2D eigenvalue weighted by Gasteiger charge is -2.17. The molecular weight excluding hydrogens is 386 g/mol. The molecule has 0 fully saturated rings. The minimum Gasteiger partial charge on any atom is -0.492 e. The number of rotatable bonds is 7. The van der Waals surface area contributed by atoms with E-state index in [4.69, 9.17) is 16.3 Å². The highest BCUT2D eigenvalue weighted by atomic mass is 35.5. The van der Waals surface area contributed by atoms with Gasteiger partial charge in [-0.1, -0.05) is 17.7 Å². The molecule has 1 aromatic carbocycles. The molecule has 0 saturated heterocycles. The Morgan fingerprint density at radius 3 is 2.86 bits per heavy atom. The van der Waals surface area contributed by atoms with Crippen LogP contribution < -0.4 is 16.0 Å². The summed E-state index contributed by atoms with van der Waals surface area (Å²) >= 11 is 5.90. The molecule has 0 atom stereocenters. The molecule has 2 heterocycles. The monoisotopic (exact) mass is 405 g/mol. The van der Waals surface area contributed by atoms with Gasteiger partial charge in [0.25, 0.3) is 5.56 Å². The zero-order valence-electron chi connectivity index (χ0n) is 15.5. The van der Waals surface area contributed by atoms with E-state index in [9.17, 15) is 14.4 Å². The van der Waals surface area contributed by atoms with E-state index in [0.717, 1.165) is 0 Å². The summed E-state index contributed by atoms with van der Waals surface area (Å²) in [5.74, 6) is 1.03. The Bertz CT molecular complexity index is 1120. The van der Waals surface area contributed by atoms with Crippen molar-refractivity contribution < 1.29 is 9.53 Å². The van der Waals surface area contributed by atoms with Crippen molar-refractivity contribution in [3.05, 3.63) is 56.0 Å². The molecule has 1 amide bonds. The average Bonchev–Trinajstić information content (AvgIpc) is 3.09. The van der Waals surface area contributed by atoms with Crippen LogP contribution in [0.3, 0.4) is 0 Å². The highest BCUT2D eigenvalue weighted by molar-refractivity contribution is 6.30. The normalized spacial score (nSPS) is 11.0. The summed E-state index contributed by atoms with van der Waals surface area (Å²) < 4.78 is 6.83. The molecule has 10 heteroatoms. The first kappa shape index (κ1) is 19.7. The Morgan fingerprint density at radius 1 is 1.32 bits per heavy atom. The van der Waals surface area contributed by atoms with Crippen LogP contribution in [0.15, 0.2) is 33.9 Å². The van der Waals surface area contributed by atoms with Crippen LogP contribution in [0.4, 0.5) is 0 Å². The van der Waals surface area contributed by atoms with Gasteiger partial charge in [-0.05, 0) is 18.2 Å². The number of hydrogen-bond donors (Lipinski definition) is 2. The number of imidazole rings is 1. The van der Waals surface area contributed by atoms with Gasteiger partial charge in [0.2, 0.25) is 5.91 Å². The lowest BCUT2D eigenvalue weighted by molar-refractivity contribution is -0.130. The van der Waals surface area contributed by atoms with E-state index in [1.807, 2.05) is 0 Å². The van der Waals surface area contributed by atoms with E-state index in [-0.39, 0.29) is 23.5 Å². The predicted molar refractivity (Wildman–Crippen MR) is 105 cm³/mol. The van der Waals surface area contributed by atoms with Gasteiger partial charge >= 0.3 is 5.69 Å². The second kappa shape index (κ2) is 8.30. The first-order valence-corrected chi connectivity index (χ1v) is 9.03. The molecule has 0 bridgehead atoms. The van der Waals surface area contributed by atoms with Crippen molar-refractivity contribution in [2.45, 2.75) is 12.8 Å². The number of likely N-dealkylation sites (N-methyl/N-ethyl adjacent to an activating group) is 1. The Labute approximate surface area is 164 Å². The zero-order valence-corrected chi connectivity index (χ0v) is 16.2. The SMILES string of the molecule is CN(CCOc1cccc(Cl)c1)C(=O)CCc1nc2c([nH]1)c(=O)[nH]c(=O)n2C. The number of aromatic amines is 2. The number of nitrogens with zero attached hydrogens (tertiary/aromatic N) is 3. The van der Waals surface area contributed by atoms with Crippen LogP contribution in [0.5, 0.6) is 5.75 Å². The van der Waals surface area contributed by atoms with Crippen LogP contribution in [0.25, 0.3) is 11.2 Å². The Kier molecular flexibility index (Phi) is 5.84. The number of amides is 1. The van der Waals surface area contributed by atoms with Crippen LogP contribution in [-0.4, -0.2) is 50.5 Å². The maximum absolute atomic E-state index is 12.3. The third kappa shape index (κ3) is 4.42. The predicted octanol–water partition coefficient (Wildman–Crippen LogP) is 1.07. The van der Waals surface area contributed by atoms with Crippen molar-refractivity contribution in [1.82, 2.24) is 24.4 Å². The summed E-state index contributed by atoms with van der Waals surface area (Å²) in [4.78, 5) is 46.6.